The summed E-state index contributed by atoms with van der Waals surface area (Å²) < 4.78 is 0. The van der Waals surface area contributed by atoms with Gasteiger partial charge in [0.25, 0.3) is 0 Å². The Kier molecular flexibility index (Phi) is 4.71. The van der Waals surface area contributed by atoms with E-state index < -0.39 is 0 Å². The first kappa shape index (κ1) is 16.2. The fourth-order valence-corrected chi connectivity index (χ4v) is 4.18. The molecule has 2 unspecified atom stereocenters. The molecule has 0 saturated heterocycles. The second-order valence-electron chi connectivity index (χ2n) is 6.68. The van der Waals surface area contributed by atoms with Gasteiger partial charge in [-0.3, -0.25) is 4.99 Å². The van der Waals surface area contributed by atoms with Crippen LogP contribution in [0.25, 0.3) is 0 Å². The number of nitrogens with zero attached hydrogens (tertiary/aromatic N) is 1. The molecule has 0 aromatic heterocycles. The van der Waals surface area contributed by atoms with Crippen molar-refractivity contribution in [3.8, 4) is 0 Å². The molecule has 0 heterocycles. The van der Waals surface area contributed by atoms with Crippen molar-refractivity contribution in [2.75, 3.05) is 5.32 Å². The minimum absolute atomic E-state index is 0.541. The van der Waals surface area contributed by atoms with E-state index in [2.05, 4.69) is 28.6 Å². The highest BCUT2D eigenvalue weighted by atomic mass is 35.5. The van der Waals surface area contributed by atoms with Gasteiger partial charge in [0.05, 0.1) is 10.7 Å². The van der Waals surface area contributed by atoms with E-state index in [0.29, 0.717) is 11.8 Å². The highest BCUT2D eigenvalue weighted by Gasteiger charge is 2.36. The van der Waals surface area contributed by atoms with Gasteiger partial charge in [-0.05, 0) is 66.5 Å². The molecule has 4 rings (SSSR count). The number of para-hydroxylation sites is 2. The molecule has 1 fully saturated rings. The molecular weight excluding hydrogens is 328 g/mol. The van der Waals surface area contributed by atoms with Crippen molar-refractivity contribution in [3.63, 3.8) is 0 Å². The maximum absolute atomic E-state index is 6.79. The molecule has 2 aromatic carbocycles. The Bertz CT molecular complexity index is 822. The van der Waals surface area contributed by atoms with E-state index in [0.717, 1.165) is 16.4 Å². The minimum atomic E-state index is 0.541. The molecule has 3 heteroatoms. The minimum Gasteiger partial charge on any atom is -0.361 e. The second-order valence-corrected chi connectivity index (χ2v) is 7.06. The number of allylic oxidation sites excluding steroid dienone is 3. The number of fused-ring (bicyclic) bond motifs is 2. The van der Waals surface area contributed by atoms with Gasteiger partial charge in [0.1, 0.15) is 0 Å². The largest absolute Gasteiger partial charge is 0.361 e. The first-order chi connectivity index (χ1) is 12.3. The SMILES string of the molecule is ClC1=C(/C=N\c2ccccc2)C2CCC(C2)/C1=C\Nc1ccccc1. The molecule has 1 N–H and O–H groups in total. The van der Waals surface area contributed by atoms with E-state index in [9.17, 15) is 0 Å². The van der Waals surface area contributed by atoms with Crippen LogP contribution in [0.2, 0.25) is 0 Å². The Hall–Kier alpha value is -2.32. The van der Waals surface area contributed by atoms with Crippen LogP contribution in [0.5, 0.6) is 0 Å². The smallest absolute Gasteiger partial charge is 0.0629 e. The van der Waals surface area contributed by atoms with E-state index in [1.807, 2.05) is 54.7 Å². The zero-order valence-corrected chi connectivity index (χ0v) is 14.8. The average Bonchev–Trinajstić information content (AvgIpc) is 3.09. The Morgan fingerprint density at radius 2 is 1.60 bits per heavy atom. The predicted molar refractivity (Wildman–Crippen MR) is 106 cm³/mol. The van der Waals surface area contributed by atoms with E-state index in [-0.39, 0.29) is 0 Å². The third kappa shape index (κ3) is 3.54. The average molecular weight is 349 g/mol. The van der Waals surface area contributed by atoms with Crippen molar-refractivity contribution < 1.29 is 0 Å². The summed E-state index contributed by atoms with van der Waals surface area (Å²) in [4.78, 5) is 4.63. The summed E-state index contributed by atoms with van der Waals surface area (Å²) in [6.07, 6.45) is 7.63. The quantitative estimate of drug-likeness (QED) is 0.643. The number of anilines is 1. The fourth-order valence-electron chi connectivity index (χ4n) is 3.77. The van der Waals surface area contributed by atoms with Crippen molar-refractivity contribution in [1.82, 2.24) is 0 Å². The van der Waals surface area contributed by atoms with Crippen LogP contribution in [0.3, 0.4) is 0 Å². The summed E-state index contributed by atoms with van der Waals surface area (Å²) >= 11 is 6.79. The van der Waals surface area contributed by atoms with E-state index >= 15 is 0 Å². The van der Waals surface area contributed by atoms with Gasteiger partial charge < -0.3 is 5.32 Å². The standard InChI is InChI=1S/C22H21ClN2/c23-22-20(14-24-18-7-3-1-4-8-18)16-11-12-17(13-16)21(22)15-25-19-9-5-2-6-10-19/h1-10,14-17,24H,11-13H2/b20-14+,25-15-. The van der Waals surface area contributed by atoms with Crippen LogP contribution in [0.15, 0.2) is 88.0 Å². The number of hydrogen-bond donors (Lipinski definition) is 1. The van der Waals surface area contributed by atoms with Gasteiger partial charge in [0.15, 0.2) is 0 Å². The fraction of sp³-hybridized carbons (Fsp3) is 0.227. The van der Waals surface area contributed by atoms with Crippen LogP contribution in [-0.4, -0.2) is 6.21 Å². The Balaban J connectivity index is 1.62. The number of rotatable bonds is 4. The van der Waals surface area contributed by atoms with Crippen LogP contribution in [0.1, 0.15) is 19.3 Å². The van der Waals surface area contributed by atoms with Crippen LogP contribution >= 0.6 is 11.6 Å². The zero-order chi connectivity index (χ0) is 17.1. The lowest BCUT2D eigenvalue weighted by atomic mass is 9.85. The number of nitrogens with one attached hydrogen (secondary N) is 1. The molecule has 2 nitrogen and oxygen atoms in total. The predicted octanol–water partition coefficient (Wildman–Crippen LogP) is 6.31. The summed E-state index contributed by atoms with van der Waals surface area (Å²) in [7, 11) is 0. The van der Waals surface area contributed by atoms with Crippen molar-refractivity contribution in [3.05, 3.63) is 83.0 Å². The number of benzene rings is 2. The molecule has 2 aliphatic carbocycles. The summed E-state index contributed by atoms with van der Waals surface area (Å²) in [5.41, 5.74) is 4.45. The molecule has 0 spiro atoms. The van der Waals surface area contributed by atoms with E-state index in [1.165, 1.54) is 30.4 Å². The Morgan fingerprint density at radius 1 is 0.920 bits per heavy atom. The van der Waals surface area contributed by atoms with Gasteiger partial charge in [-0.25, -0.2) is 0 Å². The third-order valence-corrected chi connectivity index (χ3v) is 5.53. The van der Waals surface area contributed by atoms with Gasteiger partial charge in [-0.2, -0.15) is 0 Å². The monoisotopic (exact) mass is 348 g/mol. The molecule has 1 saturated carbocycles. The topological polar surface area (TPSA) is 24.4 Å². The molecule has 0 amide bonds. The van der Waals surface area contributed by atoms with Crippen molar-refractivity contribution in [1.29, 1.82) is 0 Å². The van der Waals surface area contributed by atoms with Crippen molar-refractivity contribution in [2.24, 2.45) is 16.8 Å². The molecule has 2 aromatic rings. The van der Waals surface area contributed by atoms with Crippen LogP contribution in [0, 0.1) is 11.8 Å². The molecule has 2 aliphatic rings. The lowest BCUT2D eigenvalue weighted by Gasteiger charge is -2.24. The molecule has 25 heavy (non-hydrogen) atoms. The molecule has 2 atom stereocenters. The van der Waals surface area contributed by atoms with Gasteiger partial charge in [-0.15, -0.1) is 0 Å². The Labute approximate surface area is 153 Å². The summed E-state index contributed by atoms with van der Waals surface area (Å²) in [6, 6.07) is 20.2. The number of halogens is 1. The zero-order valence-electron chi connectivity index (χ0n) is 14.0. The van der Waals surface area contributed by atoms with Gasteiger partial charge in [0, 0.05) is 18.1 Å². The first-order valence-corrected chi connectivity index (χ1v) is 9.20. The Morgan fingerprint density at radius 3 is 2.36 bits per heavy atom. The molecule has 0 radical (unpaired) electrons. The first-order valence-electron chi connectivity index (χ1n) is 8.82. The maximum Gasteiger partial charge on any atom is 0.0629 e. The molecule has 0 aliphatic heterocycles. The number of hydrogen-bond acceptors (Lipinski definition) is 2. The molecule has 2 bridgehead atoms. The van der Waals surface area contributed by atoms with Gasteiger partial charge in [0.2, 0.25) is 0 Å². The lowest BCUT2D eigenvalue weighted by Crippen LogP contribution is -2.14. The molecular formula is C22H21ClN2. The normalized spacial score (nSPS) is 24.3. The third-order valence-electron chi connectivity index (χ3n) is 5.10. The summed E-state index contributed by atoms with van der Waals surface area (Å²) in [5.74, 6) is 1.10. The summed E-state index contributed by atoms with van der Waals surface area (Å²) in [6.45, 7) is 0. The van der Waals surface area contributed by atoms with Crippen molar-refractivity contribution in [2.45, 2.75) is 19.3 Å². The van der Waals surface area contributed by atoms with E-state index in [4.69, 9.17) is 11.6 Å². The van der Waals surface area contributed by atoms with Crippen LogP contribution < -0.4 is 5.32 Å². The van der Waals surface area contributed by atoms with Crippen LogP contribution in [0.4, 0.5) is 11.4 Å². The highest BCUT2D eigenvalue weighted by molar-refractivity contribution is 6.34. The second kappa shape index (κ2) is 7.28. The van der Waals surface area contributed by atoms with Crippen LogP contribution in [-0.2, 0) is 0 Å². The van der Waals surface area contributed by atoms with Gasteiger partial charge >= 0.3 is 0 Å². The summed E-state index contributed by atoms with van der Waals surface area (Å²) in [5, 5.41) is 4.27. The van der Waals surface area contributed by atoms with E-state index in [1.54, 1.807) is 0 Å². The van der Waals surface area contributed by atoms with Crippen molar-refractivity contribution >= 4 is 29.2 Å². The maximum atomic E-state index is 6.79. The lowest BCUT2D eigenvalue weighted by molar-refractivity contribution is 0.587. The van der Waals surface area contributed by atoms with Gasteiger partial charge in [-0.1, -0.05) is 48.0 Å². The number of aliphatic imine (C=N–C) groups is 1. The molecule has 126 valence electrons. The highest BCUT2D eigenvalue weighted by Crippen LogP contribution is 2.49.